The molecule has 1 aromatic rings. The zero-order valence-electron chi connectivity index (χ0n) is 9.23. The molecular weight excluding hydrogens is 325 g/mol. The molecule has 1 aromatic carbocycles. The van der Waals surface area contributed by atoms with Crippen molar-refractivity contribution in [2.45, 2.75) is 32.6 Å². The number of hydrogen-bond donors (Lipinski definition) is 0. The molecule has 1 nitrogen and oxygen atoms in total. The molecule has 90 valence electrons. The van der Waals surface area contributed by atoms with Crippen molar-refractivity contribution >= 4 is 22.6 Å². The van der Waals surface area contributed by atoms with Crippen molar-refractivity contribution in [3.63, 3.8) is 0 Å². The lowest BCUT2D eigenvalue weighted by atomic mass is 10.2. The predicted molar refractivity (Wildman–Crippen MR) is 68.7 cm³/mol. The zero-order valence-corrected chi connectivity index (χ0v) is 11.4. The third-order valence-electron chi connectivity index (χ3n) is 2.26. The van der Waals surface area contributed by atoms with E-state index in [0.29, 0.717) is 6.61 Å². The SMILES string of the molecule is CCCCCCOc1ccc(I)c(F)c1F. The van der Waals surface area contributed by atoms with E-state index in [1.54, 1.807) is 22.6 Å². The molecule has 0 unspecified atom stereocenters. The second kappa shape index (κ2) is 7.04. The molecule has 0 atom stereocenters. The smallest absolute Gasteiger partial charge is 0.201 e. The zero-order chi connectivity index (χ0) is 12.0. The highest BCUT2D eigenvalue weighted by Gasteiger charge is 2.12. The molecule has 1 rings (SSSR count). The van der Waals surface area contributed by atoms with Crippen LogP contribution in [-0.2, 0) is 0 Å². The van der Waals surface area contributed by atoms with E-state index in [4.69, 9.17) is 4.74 Å². The van der Waals surface area contributed by atoms with Gasteiger partial charge < -0.3 is 4.74 Å². The molecule has 0 heterocycles. The second-order valence-electron chi connectivity index (χ2n) is 3.58. The largest absolute Gasteiger partial charge is 0.490 e. The van der Waals surface area contributed by atoms with E-state index in [0.717, 1.165) is 25.7 Å². The summed E-state index contributed by atoms with van der Waals surface area (Å²) >= 11 is 1.75. The Hall–Kier alpha value is -0.390. The van der Waals surface area contributed by atoms with Crippen molar-refractivity contribution in [2.24, 2.45) is 0 Å². The molecule has 0 aromatic heterocycles. The Morgan fingerprint density at radius 2 is 1.88 bits per heavy atom. The second-order valence-corrected chi connectivity index (χ2v) is 4.74. The molecule has 16 heavy (non-hydrogen) atoms. The van der Waals surface area contributed by atoms with Crippen LogP contribution in [0, 0.1) is 15.2 Å². The molecule has 4 heteroatoms. The van der Waals surface area contributed by atoms with Gasteiger partial charge in [-0.2, -0.15) is 4.39 Å². The van der Waals surface area contributed by atoms with Gasteiger partial charge in [-0.05, 0) is 41.1 Å². The quantitative estimate of drug-likeness (QED) is 0.420. The van der Waals surface area contributed by atoms with Gasteiger partial charge in [0, 0.05) is 0 Å². The fourth-order valence-corrected chi connectivity index (χ4v) is 1.75. The minimum atomic E-state index is -0.887. The van der Waals surface area contributed by atoms with Gasteiger partial charge in [0.2, 0.25) is 5.82 Å². The Balaban J connectivity index is 2.45. The summed E-state index contributed by atoms with van der Waals surface area (Å²) in [6.45, 7) is 2.56. The standard InChI is InChI=1S/C12H15F2IO/c1-2-3-4-5-8-16-10-7-6-9(15)11(13)12(10)14/h6-7H,2-5,8H2,1H3. The summed E-state index contributed by atoms with van der Waals surface area (Å²) in [6.07, 6.45) is 4.23. The molecular formula is C12H15F2IO. The third-order valence-corrected chi connectivity index (χ3v) is 3.09. The van der Waals surface area contributed by atoms with E-state index in [1.807, 2.05) is 0 Å². The summed E-state index contributed by atoms with van der Waals surface area (Å²) in [5.74, 6) is -1.71. The number of hydrogen-bond acceptors (Lipinski definition) is 1. The summed E-state index contributed by atoms with van der Waals surface area (Å²) in [5.41, 5.74) is 0. The van der Waals surface area contributed by atoms with E-state index in [9.17, 15) is 8.78 Å². The Labute approximate surface area is 108 Å². The van der Waals surface area contributed by atoms with Crippen LogP contribution in [0.5, 0.6) is 5.75 Å². The fraction of sp³-hybridized carbons (Fsp3) is 0.500. The lowest BCUT2D eigenvalue weighted by molar-refractivity contribution is 0.285. The third kappa shape index (κ3) is 3.88. The van der Waals surface area contributed by atoms with Crippen LogP contribution in [0.15, 0.2) is 12.1 Å². The van der Waals surface area contributed by atoms with Gasteiger partial charge in [0.15, 0.2) is 11.6 Å². The molecule has 0 aliphatic rings. The number of benzene rings is 1. The van der Waals surface area contributed by atoms with Gasteiger partial charge >= 0.3 is 0 Å². The summed E-state index contributed by atoms with van der Waals surface area (Å²) in [5, 5.41) is 0. The van der Waals surface area contributed by atoms with Gasteiger partial charge in [-0.1, -0.05) is 26.2 Å². The number of halogens is 3. The molecule has 0 aliphatic carbocycles. The van der Waals surface area contributed by atoms with Crippen molar-refractivity contribution in [2.75, 3.05) is 6.61 Å². The molecule has 0 amide bonds. The molecule has 0 fully saturated rings. The summed E-state index contributed by atoms with van der Waals surface area (Å²) in [4.78, 5) is 0. The molecule has 0 aliphatic heterocycles. The lowest BCUT2D eigenvalue weighted by Gasteiger charge is -2.08. The first-order valence-corrected chi connectivity index (χ1v) is 6.51. The van der Waals surface area contributed by atoms with Gasteiger partial charge in [0.25, 0.3) is 0 Å². The van der Waals surface area contributed by atoms with Gasteiger partial charge in [-0.15, -0.1) is 0 Å². The van der Waals surface area contributed by atoms with Crippen LogP contribution < -0.4 is 4.74 Å². The maximum absolute atomic E-state index is 13.3. The van der Waals surface area contributed by atoms with Crippen LogP contribution in [0.3, 0.4) is 0 Å². The molecule has 0 saturated carbocycles. The summed E-state index contributed by atoms with van der Waals surface area (Å²) < 4.78 is 32.0. The highest BCUT2D eigenvalue weighted by Crippen LogP contribution is 2.23. The van der Waals surface area contributed by atoms with Crippen LogP contribution in [0.4, 0.5) is 8.78 Å². The van der Waals surface area contributed by atoms with Gasteiger partial charge in [0.1, 0.15) is 0 Å². The molecule has 0 saturated heterocycles. The summed E-state index contributed by atoms with van der Waals surface area (Å²) in [7, 11) is 0. The average Bonchev–Trinajstić information content (AvgIpc) is 2.28. The van der Waals surface area contributed by atoms with Crippen LogP contribution >= 0.6 is 22.6 Å². The van der Waals surface area contributed by atoms with Crippen molar-refractivity contribution in [3.8, 4) is 5.75 Å². The van der Waals surface area contributed by atoms with Crippen LogP contribution in [0.25, 0.3) is 0 Å². The Morgan fingerprint density at radius 3 is 2.56 bits per heavy atom. The van der Waals surface area contributed by atoms with E-state index in [2.05, 4.69) is 6.92 Å². The number of rotatable bonds is 6. The minimum absolute atomic E-state index is 0.00872. The lowest BCUT2D eigenvalue weighted by Crippen LogP contribution is -2.01. The van der Waals surface area contributed by atoms with E-state index >= 15 is 0 Å². The molecule has 0 radical (unpaired) electrons. The van der Waals surface area contributed by atoms with Crippen molar-refractivity contribution in [3.05, 3.63) is 27.3 Å². The number of ether oxygens (including phenoxy) is 1. The van der Waals surface area contributed by atoms with Crippen LogP contribution in [-0.4, -0.2) is 6.61 Å². The van der Waals surface area contributed by atoms with Crippen molar-refractivity contribution in [1.82, 2.24) is 0 Å². The molecule has 0 spiro atoms. The van der Waals surface area contributed by atoms with E-state index in [1.165, 1.54) is 12.1 Å². The highest BCUT2D eigenvalue weighted by molar-refractivity contribution is 14.1. The van der Waals surface area contributed by atoms with E-state index < -0.39 is 11.6 Å². The number of unbranched alkanes of at least 4 members (excludes halogenated alkanes) is 3. The van der Waals surface area contributed by atoms with E-state index in [-0.39, 0.29) is 9.32 Å². The normalized spacial score (nSPS) is 10.5. The highest BCUT2D eigenvalue weighted by atomic mass is 127. The Bertz CT molecular complexity index is 342. The van der Waals surface area contributed by atoms with Crippen LogP contribution in [0.1, 0.15) is 32.6 Å². The summed E-state index contributed by atoms with van der Waals surface area (Å²) in [6, 6.07) is 2.99. The Morgan fingerprint density at radius 1 is 1.12 bits per heavy atom. The van der Waals surface area contributed by atoms with Gasteiger partial charge in [0.05, 0.1) is 10.2 Å². The van der Waals surface area contributed by atoms with Gasteiger partial charge in [-0.3, -0.25) is 0 Å². The topological polar surface area (TPSA) is 9.23 Å². The maximum atomic E-state index is 13.3. The first-order chi connectivity index (χ1) is 7.66. The minimum Gasteiger partial charge on any atom is -0.490 e. The molecule has 0 bridgehead atoms. The van der Waals surface area contributed by atoms with Crippen molar-refractivity contribution < 1.29 is 13.5 Å². The first-order valence-electron chi connectivity index (χ1n) is 5.43. The fourth-order valence-electron chi connectivity index (χ4n) is 1.33. The molecule has 0 N–H and O–H groups in total. The monoisotopic (exact) mass is 340 g/mol. The predicted octanol–water partition coefficient (Wildman–Crippen LogP) is 4.53. The average molecular weight is 340 g/mol. The van der Waals surface area contributed by atoms with Crippen LogP contribution in [0.2, 0.25) is 0 Å². The Kier molecular flexibility index (Phi) is 6.01. The maximum Gasteiger partial charge on any atom is 0.201 e. The van der Waals surface area contributed by atoms with Gasteiger partial charge in [-0.25, -0.2) is 4.39 Å². The first kappa shape index (κ1) is 13.7. The van der Waals surface area contributed by atoms with Crippen molar-refractivity contribution in [1.29, 1.82) is 0 Å².